The zero-order chi connectivity index (χ0) is 14.9. The third-order valence-corrected chi connectivity index (χ3v) is 4.41. The Labute approximate surface area is 117 Å². The molecule has 0 fully saturated rings. The molecule has 0 aliphatic rings. The lowest BCUT2D eigenvalue weighted by molar-refractivity contribution is 0.504. The highest BCUT2D eigenvalue weighted by molar-refractivity contribution is 7.87. The van der Waals surface area contributed by atoms with Gasteiger partial charge in [0.25, 0.3) is 15.8 Å². The second-order valence-corrected chi connectivity index (χ2v) is 6.50. The molecule has 0 bridgehead atoms. The lowest BCUT2D eigenvalue weighted by Crippen LogP contribution is -2.36. The summed E-state index contributed by atoms with van der Waals surface area (Å²) in [7, 11) is 0.887. The molecule has 0 saturated heterocycles. The summed E-state index contributed by atoms with van der Waals surface area (Å²) in [5.74, 6) is 0. The zero-order valence-corrected chi connectivity index (χ0v) is 12.3. The molecule has 8 heteroatoms. The number of nitrogens with zero attached hydrogens (tertiary/aromatic N) is 3. The van der Waals surface area contributed by atoms with Crippen LogP contribution in [0.1, 0.15) is 5.69 Å². The van der Waals surface area contributed by atoms with E-state index in [0.29, 0.717) is 16.5 Å². The van der Waals surface area contributed by atoms with Crippen LogP contribution < -0.4 is 10.3 Å². The van der Waals surface area contributed by atoms with Crippen LogP contribution in [-0.2, 0) is 23.8 Å². The smallest absolute Gasteiger partial charge is 0.267 e. The van der Waals surface area contributed by atoms with Crippen LogP contribution in [0.15, 0.2) is 29.1 Å². The van der Waals surface area contributed by atoms with Gasteiger partial charge in [0.05, 0.1) is 17.6 Å². The molecule has 7 nitrogen and oxygen atoms in total. The van der Waals surface area contributed by atoms with Crippen molar-refractivity contribution in [3.8, 4) is 0 Å². The molecule has 0 amide bonds. The number of hydrogen-bond acceptors (Lipinski definition) is 4. The Morgan fingerprint density at radius 2 is 1.85 bits per heavy atom. The first-order valence-corrected chi connectivity index (χ1v) is 7.39. The van der Waals surface area contributed by atoms with Gasteiger partial charge < -0.3 is 0 Å². The second kappa shape index (κ2) is 5.31. The maximum absolute atomic E-state index is 11.9. The highest BCUT2D eigenvalue weighted by Crippen LogP contribution is 2.13. The van der Waals surface area contributed by atoms with Gasteiger partial charge in [-0.1, -0.05) is 18.2 Å². The van der Waals surface area contributed by atoms with Crippen LogP contribution in [0.2, 0.25) is 0 Å². The second-order valence-electron chi connectivity index (χ2n) is 4.53. The fourth-order valence-corrected chi connectivity index (χ4v) is 2.37. The molecule has 1 heterocycles. The van der Waals surface area contributed by atoms with E-state index in [1.165, 1.54) is 18.8 Å². The molecule has 0 aliphatic heterocycles. The van der Waals surface area contributed by atoms with Gasteiger partial charge in [-0.3, -0.25) is 4.79 Å². The van der Waals surface area contributed by atoms with Crippen molar-refractivity contribution in [1.29, 1.82) is 0 Å². The summed E-state index contributed by atoms with van der Waals surface area (Å²) >= 11 is 0. The average molecular weight is 296 g/mol. The Morgan fingerprint density at radius 1 is 1.25 bits per heavy atom. The number of aromatic nitrogens is 2. The first-order valence-electron chi connectivity index (χ1n) is 5.95. The number of fused-ring (bicyclic) bond motifs is 1. The number of benzene rings is 1. The molecule has 1 aromatic carbocycles. The van der Waals surface area contributed by atoms with Crippen LogP contribution in [0, 0.1) is 0 Å². The monoisotopic (exact) mass is 296 g/mol. The Balaban J connectivity index is 2.46. The van der Waals surface area contributed by atoms with Crippen molar-refractivity contribution in [2.45, 2.75) is 6.54 Å². The minimum Gasteiger partial charge on any atom is -0.267 e. The fraction of sp³-hybridized carbons (Fsp3) is 0.333. The summed E-state index contributed by atoms with van der Waals surface area (Å²) in [6, 6.07) is 7.00. The molecule has 0 aliphatic carbocycles. The van der Waals surface area contributed by atoms with Crippen molar-refractivity contribution < 1.29 is 8.42 Å². The molecular formula is C12H16N4O3S. The molecule has 1 aromatic heterocycles. The van der Waals surface area contributed by atoms with Crippen molar-refractivity contribution >= 4 is 21.0 Å². The molecule has 2 aromatic rings. The number of hydrogen-bond donors (Lipinski definition) is 1. The van der Waals surface area contributed by atoms with Gasteiger partial charge in [-0.15, -0.1) is 0 Å². The summed E-state index contributed by atoms with van der Waals surface area (Å²) < 4.78 is 28.1. The van der Waals surface area contributed by atoms with Crippen molar-refractivity contribution in [2.24, 2.45) is 7.05 Å². The molecule has 0 spiro atoms. The van der Waals surface area contributed by atoms with E-state index in [-0.39, 0.29) is 12.1 Å². The molecular weight excluding hydrogens is 280 g/mol. The van der Waals surface area contributed by atoms with E-state index in [9.17, 15) is 13.2 Å². The predicted molar refractivity (Wildman–Crippen MR) is 76.4 cm³/mol. The summed E-state index contributed by atoms with van der Waals surface area (Å²) in [5.41, 5.74) is 0.299. The summed E-state index contributed by atoms with van der Waals surface area (Å²) in [4.78, 5) is 11.9. The van der Waals surface area contributed by atoms with E-state index in [2.05, 4.69) is 9.82 Å². The van der Waals surface area contributed by atoms with Gasteiger partial charge in [-0.25, -0.2) is 4.68 Å². The summed E-state index contributed by atoms with van der Waals surface area (Å²) in [5, 5.41) is 5.29. The van der Waals surface area contributed by atoms with Crippen LogP contribution in [0.25, 0.3) is 10.8 Å². The largest absolute Gasteiger partial charge is 0.279 e. The topological polar surface area (TPSA) is 84.3 Å². The van der Waals surface area contributed by atoms with Gasteiger partial charge >= 0.3 is 0 Å². The van der Waals surface area contributed by atoms with Crippen molar-refractivity contribution in [3.05, 3.63) is 40.3 Å². The first kappa shape index (κ1) is 14.6. The molecule has 0 atom stereocenters. The molecule has 20 heavy (non-hydrogen) atoms. The predicted octanol–water partition coefficient (Wildman–Crippen LogP) is -0.170. The maximum atomic E-state index is 11.9. The third kappa shape index (κ3) is 2.72. The van der Waals surface area contributed by atoms with Gasteiger partial charge in [0.2, 0.25) is 0 Å². The van der Waals surface area contributed by atoms with E-state index in [4.69, 9.17) is 0 Å². The molecule has 0 radical (unpaired) electrons. The quantitative estimate of drug-likeness (QED) is 0.849. The molecule has 1 N–H and O–H groups in total. The normalized spacial score (nSPS) is 12.2. The highest BCUT2D eigenvalue weighted by atomic mass is 32.2. The van der Waals surface area contributed by atoms with Crippen LogP contribution in [0.3, 0.4) is 0 Å². The van der Waals surface area contributed by atoms with Gasteiger partial charge in [0.15, 0.2) is 0 Å². The molecule has 0 saturated carbocycles. The van der Waals surface area contributed by atoms with Crippen LogP contribution in [0.5, 0.6) is 0 Å². The number of rotatable bonds is 4. The standard InChI is InChI=1S/C12H16N4O3S/c1-15(2)20(18,19)13-8-11-9-6-4-5-7-10(9)12(17)16(3)14-11/h4-7,13H,8H2,1-3H3. The van der Waals surface area contributed by atoms with Gasteiger partial charge in [-0.05, 0) is 6.07 Å². The summed E-state index contributed by atoms with van der Waals surface area (Å²) in [6.07, 6.45) is 0. The molecule has 0 unspecified atom stereocenters. The van der Waals surface area contributed by atoms with E-state index in [1.807, 2.05) is 0 Å². The van der Waals surface area contributed by atoms with E-state index in [0.717, 1.165) is 4.31 Å². The first-order chi connectivity index (χ1) is 9.33. The Bertz CT molecular complexity index is 796. The SMILES string of the molecule is CN(C)S(=O)(=O)NCc1nn(C)c(=O)c2ccccc12. The maximum Gasteiger partial charge on any atom is 0.279 e. The zero-order valence-electron chi connectivity index (χ0n) is 11.5. The van der Waals surface area contributed by atoms with Gasteiger partial charge in [-0.2, -0.15) is 22.5 Å². The Morgan fingerprint density at radius 3 is 2.45 bits per heavy atom. The van der Waals surface area contributed by atoms with Crippen molar-refractivity contribution in [2.75, 3.05) is 14.1 Å². The minimum absolute atomic E-state index is 0.0230. The lowest BCUT2D eigenvalue weighted by Gasteiger charge is -2.13. The van der Waals surface area contributed by atoms with Crippen LogP contribution >= 0.6 is 0 Å². The van der Waals surface area contributed by atoms with E-state index in [1.54, 1.807) is 31.3 Å². The van der Waals surface area contributed by atoms with Gasteiger partial charge in [0.1, 0.15) is 0 Å². The van der Waals surface area contributed by atoms with Crippen molar-refractivity contribution in [3.63, 3.8) is 0 Å². The molecule has 2 rings (SSSR count). The van der Waals surface area contributed by atoms with Crippen LogP contribution in [-0.4, -0.2) is 36.6 Å². The third-order valence-electron chi connectivity index (χ3n) is 2.94. The number of aryl methyl sites for hydroxylation is 1. The van der Waals surface area contributed by atoms with Crippen molar-refractivity contribution in [1.82, 2.24) is 18.8 Å². The molecule has 108 valence electrons. The highest BCUT2D eigenvalue weighted by Gasteiger charge is 2.15. The Kier molecular flexibility index (Phi) is 3.89. The minimum atomic E-state index is -3.53. The number of nitrogens with one attached hydrogen (secondary N) is 1. The Hall–Kier alpha value is -1.77. The summed E-state index contributed by atoms with van der Waals surface area (Å²) in [6.45, 7) is 0.0230. The lowest BCUT2D eigenvalue weighted by atomic mass is 10.1. The van der Waals surface area contributed by atoms with E-state index < -0.39 is 10.2 Å². The van der Waals surface area contributed by atoms with Gasteiger partial charge in [0, 0.05) is 26.5 Å². The fourth-order valence-electron chi connectivity index (χ4n) is 1.80. The van der Waals surface area contributed by atoms with E-state index >= 15 is 0 Å². The van der Waals surface area contributed by atoms with Crippen LogP contribution in [0.4, 0.5) is 0 Å². The average Bonchev–Trinajstić information content (AvgIpc) is 2.41.